The van der Waals surface area contributed by atoms with Crippen molar-refractivity contribution in [1.29, 1.82) is 0 Å². The minimum Gasteiger partial charge on any atom is -0.444 e. The maximum atomic E-state index is 11.5. The zero-order chi connectivity index (χ0) is 13.9. The van der Waals surface area contributed by atoms with Crippen molar-refractivity contribution in [2.75, 3.05) is 13.2 Å². The molecule has 0 radical (unpaired) electrons. The highest BCUT2D eigenvalue weighted by Gasteiger charge is 2.39. The first-order valence-electron chi connectivity index (χ1n) is 5.82. The second-order valence-electron chi connectivity index (χ2n) is 5.29. The SMILES string of the molecule is CC(C)(C)OC(=O)N[C@@H]1CO[C@H](CO)[C@H](O)[C@@H]1O. The summed E-state index contributed by atoms with van der Waals surface area (Å²) in [6.07, 6.45) is -3.98. The van der Waals surface area contributed by atoms with Gasteiger partial charge in [0.25, 0.3) is 0 Å². The first kappa shape index (κ1) is 15.2. The standard InChI is InChI=1S/C11H21NO6/c1-11(2,3)18-10(16)12-6-5-17-7(4-13)9(15)8(6)14/h6-9,13-15H,4-5H2,1-3H3,(H,12,16)/t6-,7-,8-,9+/m1/s1. The Balaban J connectivity index is 2.51. The lowest BCUT2D eigenvalue weighted by atomic mass is 9.98. The molecule has 0 aliphatic carbocycles. The molecule has 0 spiro atoms. The third-order valence-corrected chi connectivity index (χ3v) is 2.52. The van der Waals surface area contributed by atoms with E-state index in [4.69, 9.17) is 14.6 Å². The number of aliphatic hydroxyl groups is 3. The number of amides is 1. The lowest BCUT2D eigenvalue weighted by Gasteiger charge is -2.37. The monoisotopic (exact) mass is 263 g/mol. The fourth-order valence-corrected chi connectivity index (χ4v) is 1.63. The summed E-state index contributed by atoms with van der Waals surface area (Å²) in [7, 11) is 0. The van der Waals surface area contributed by atoms with E-state index in [-0.39, 0.29) is 6.61 Å². The normalized spacial score (nSPS) is 33.0. The number of ether oxygens (including phenoxy) is 2. The molecule has 7 heteroatoms. The molecule has 1 fully saturated rings. The Labute approximate surface area is 106 Å². The molecular weight excluding hydrogens is 242 g/mol. The van der Waals surface area contributed by atoms with Crippen molar-refractivity contribution in [1.82, 2.24) is 5.32 Å². The fourth-order valence-electron chi connectivity index (χ4n) is 1.63. The molecule has 18 heavy (non-hydrogen) atoms. The Morgan fingerprint density at radius 2 is 2.00 bits per heavy atom. The van der Waals surface area contributed by atoms with Crippen LogP contribution >= 0.6 is 0 Å². The van der Waals surface area contributed by atoms with E-state index in [1.54, 1.807) is 20.8 Å². The molecule has 7 nitrogen and oxygen atoms in total. The molecule has 0 saturated carbocycles. The first-order chi connectivity index (χ1) is 8.24. The molecule has 1 aliphatic heterocycles. The maximum absolute atomic E-state index is 11.5. The molecule has 106 valence electrons. The summed E-state index contributed by atoms with van der Waals surface area (Å²) in [5, 5.41) is 30.7. The number of nitrogens with one attached hydrogen (secondary N) is 1. The minimum atomic E-state index is -1.25. The Morgan fingerprint density at radius 3 is 2.50 bits per heavy atom. The van der Waals surface area contributed by atoms with Gasteiger partial charge in [0.1, 0.15) is 23.9 Å². The summed E-state index contributed by atoms with van der Waals surface area (Å²) in [6, 6.07) is -0.766. The minimum absolute atomic E-state index is 0.00267. The highest BCUT2D eigenvalue weighted by Crippen LogP contribution is 2.16. The molecule has 1 rings (SSSR count). The van der Waals surface area contributed by atoms with Gasteiger partial charge in [-0.25, -0.2) is 4.79 Å². The lowest BCUT2D eigenvalue weighted by Crippen LogP contribution is -2.60. The molecule has 1 saturated heterocycles. The van der Waals surface area contributed by atoms with Crippen molar-refractivity contribution in [2.24, 2.45) is 0 Å². The van der Waals surface area contributed by atoms with Crippen LogP contribution in [0.4, 0.5) is 4.79 Å². The van der Waals surface area contributed by atoms with E-state index in [2.05, 4.69) is 5.32 Å². The Bertz CT molecular complexity index is 290. The summed E-state index contributed by atoms with van der Waals surface area (Å²) < 4.78 is 10.2. The summed E-state index contributed by atoms with van der Waals surface area (Å²) in [5.41, 5.74) is -0.642. The second kappa shape index (κ2) is 5.83. The van der Waals surface area contributed by atoms with Crippen molar-refractivity contribution in [3.63, 3.8) is 0 Å². The van der Waals surface area contributed by atoms with Gasteiger partial charge in [-0.1, -0.05) is 0 Å². The van der Waals surface area contributed by atoms with Crippen molar-refractivity contribution in [2.45, 2.75) is 50.7 Å². The molecule has 1 heterocycles. The third kappa shape index (κ3) is 4.09. The van der Waals surface area contributed by atoms with E-state index in [1.165, 1.54) is 0 Å². The highest BCUT2D eigenvalue weighted by molar-refractivity contribution is 5.68. The number of carbonyl (C=O) groups is 1. The number of rotatable bonds is 2. The van der Waals surface area contributed by atoms with Crippen LogP contribution in [0.25, 0.3) is 0 Å². The van der Waals surface area contributed by atoms with E-state index in [0.29, 0.717) is 0 Å². The van der Waals surface area contributed by atoms with Crippen molar-refractivity contribution in [3.8, 4) is 0 Å². The number of carbonyl (C=O) groups excluding carboxylic acids is 1. The average Bonchev–Trinajstić information content (AvgIpc) is 2.22. The summed E-state index contributed by atoms with van der Waals surface area (Å²) >= 11 is 0. The summed E-state index contributed by atoms with van der Waals surface area (Å²) in [5.74, 6) is 0. The third-order valence-electron chi connectivity index (χ3n) is 2.52. The quantitative estimate of drug-likeness (QED) is 0.508. The van der Waals surface area contributed by atoms with Gasteiger partial charge in [-0.15, -0.1) is 0 Å². The predicted octanol–water partition coefficient (Wildman–Crippen LogP) is -1.01. The molecule has 4 N–H and O–H groups in total. The molecule has 0 bridgehead atoms. The molecule has 0 aromatic heterocycles. The molecule has 1 amide bonds. The van der Waals surface area contributed by atoms with E-state index in [0.717, 1.165) is 0 Å². The summed E-state index contributed by atoms with van der Waals surface area (Å²) in [4.78, 5) is 11.5. The maximum Gasteiger partial charge on any atom is 0.408 e. The summed E-state index contributed by atoms with van der Waals surface area (Å²) in [6.45, 7) is 4.77. The van der Waals surface area contributed by atoms with Gasteiger partial charge < -0.3 is 30.1 Å². The number of alkyl carbamates (subject to hydrolysis) is 1. The second-order valence-corrected chi connectivity index (χ2v) is 5.29. The van der Waals surface area contributed by atoms with E-state index >= 15 is 0 Å². The Hall–Kier alpha value is -0.890. The van der Waals surface area contributed by atoms with Crippen LogP contribution in [0.3, 0.4) is 0 Å². The van der Waals surface area contributed by atoms with Gasteiger partial charge in [-0.3, -0.25) is 0 Å². The molecule has 0 aromatic rings. The Kier molecular flexibility index (Phi) is 4.92. The Morgan fingerprint density at radius 1 is 1.39 bits per heavy atom. The molecular formula is C11H21NO6. The van der Waals surface area contributed by atoms with Gasteiger partial charge >= 0.3 is 6.09 Å². The molecule has 0 unspecified atom stereocenters. The van der Waals surface area contributed by atoms with Crippen LogP contribution in [0.5, 0.6) is 0 Å². The van der Waals surface area contributed by atoms with Gasteiger partial charge in [0.2, 0.25) is 0 Å². The molecule has 1 aliphatic rings. The average molecular weight is 263 g/mol. The fraction of sp³-hybridized carbons (Fsp3) is 0.909. The zero-order valence-electron chi connectivity index (χ0n) is 10.8. The van der Waals surface area contributed by atoms with Crippen LogP contribution in [0.1, 0.15) is 20.8 Å². The lowest BCUT2D eigenvalue weighted by molar-refractivity contribution is -0.160. The van der Waals surface area contributed by atoms with Crippen LogP contribution < -0.4 is 5.32 Å². The molecule has 4 atom stereocenters. The van der Waals surface area contributed by atoms with Crippen molar-refractivity contribution >= 4 is 6.09 Å². The predicted molar refractivity (Wildman–Crippen MR) is 62.0 cm³/mol. The smallest absolute Gasteiger partial charge is 0.408 e. The number of hydrogen-bond acceptors (Lipinski definition) is 6. The van der Waals surface area contributed by atoms with Gasteiger partial charge in [-0.2, -0.15) is 0 Å². The van der Waals surface area contributed by atoms with Crippen LogP contribution in [0.2, 0.25) is 0 Å². The first-order valence-corrected chi connectivity index (χ1v) is 5.82. The van der Waals surface area contributed by atoms with Gasteiger partial charge in [0, 0.05) is 0 Å². The van der Waals surface area contributed by atoms with E-state index in [9.17, 15) is 15.0 Å². The van der Waals surface area contributed by atoms with E-state index in [1.807, 2.05) is 0 Å². The largest absolute Gasteiger partial charge is 0.444 e. The van der Waals surface area contributed by atoms with Crippen LogP contribution in [-0.2, 0) is 9.47 Å². The van der Waals surface area contributed by atoms with Gasteiger partial charge in [0.15, 0.2) is 0 Å². The van der Waals surface area contributed by atoms with Crippen LogP contribution in [0.15, 0.2) is 0 Å². The zero-order valence-corrected chi connectivity index (χ0v) is 10.8. The van der Waals surface area contributed by atoms with Crippen molar-refractivity contribution in [3.05, 3.63) is 0 Å². The topological polar surface area (TPSA) is 108 Å². The number of aliphatic hydroxyl groups excluding tert-OH is 3. The van der Waals surface area contributed by atoms with E-state index < -0.39 is 42.7 Å². The highest BCUT2D eigenvalue weighted by atomic mass is 16.6. The van der Waals surface area contributed by atoms with Crippen molar-refractivity contribution < 1.29 is 29.6 Å². The molecule has 0 aromatic carbocycles. The van der Waals surface area contributed by atoms with Crippen LogP contribution in [0, 0.1) is 0 Å². The van der Waals surface area contributed by atoms with Crippen LogP contribution in [-0.4, -0.2) is 64.6 Å². The number of hydrogen-bond donors (Lipinski definition) is 4. The van der Waals surface area contributed by atoms with Gasteiger partial charge in [-0.05, 0) is 20.8 Å². The van der Waals surface area contributed by atoms with Gasteiger partial charge in [0.05, 0.1) is 19.3 Å².